The van der Waals surface area contributed by atoms with Crippen LogP contribution in [0.15, 0.2) is 219 Å². The summed E-state index contributed by atoms with van der Waals surface area (Å²) in [6.45, 7) is 0. The first-order valence-electron chi connectivity index (χ1n) is 19.6. The van der Waals surface area contributed by atoms with Gasteiger partial charge < -0.3 is 9.30 Å². The van der Waals surface area contributed by atoms with Crippen molar-refractivity contribution in [1.82, 2.24) is 14.5 Å². The lowest BCUT2D eigenvalue weighted by molar-refractivity contribution is 0.483. The summed E-state index contributed by atoms with van der Waals surface area (Å²) in [6.07, 6.45) is 3.90. The van der Waals surface area contributed by atoms with E-state index < -0.39 is 8.07 Å². The number of ether oxygens (including phenoxy) is 1. The number of rotatable bonds is 7. The first-order valence-corrected chi connectivity index (χ1v) is 21.6. The molecule has 0 aliphatic carbocycles. The molecule has 0 fully saturated rings. The van der Waals surface area contributed by atoms with Crippen molar-refractivity contribution in [1.29, 1.82) is 0 Å². The van der Waals surface area contributed by atoms with Crippen LogP contribution in [0.25, 0.3) is 38.8 Å². The summed E-state index contributed by atoms with van der Waals surface area (Å²) in [6, 6.07) is 73.2. The maximum atomic E-state index is 6.64. The molecular weight excluding hydrogens is 725 g/mol. The molecule has 6 heteroatoms. The van der Waals surface area contributed by atoms with Gasteiger partial charge in [-0.15, -0.1) is 0 Å². The van der Waals surface area contributed by atoms with Gasteiger partial charge >= 0.3 is 0 Å². The summed E-state index contributed by atoms with van der Waals surface area (Å²) in [4.78, 5) is 12.5. The topological polar surface area (TPSA) is 43.2 Å². The van der Waals surface area contributed by atoms with E-state index >= 15 is 0 Å². The standard InChI is InChI=1S/C52H36N4OSi/c1-4-19-38(20-5-1)55-46-30-11-10-28-44(46)50-48(55)36-54-52-51(50)58(42-24-6-2-7-25-42,43-26-8-3-9-27-43)49-32-13-12-31-47(49)56(52)39-21-17-23-41(35-39)57-40-22-16-18-37(34-40)45-29-14-15-33-53-45/h1-36H. The van der Waals surface area contributed by atoms with E-state index in [4.69, 9.17) is 9.72 Å². The molecule has 11 rings (SSSR count). The molecule has 58 heavy (non-hydrogen) atoms. The van der Waals surface area contributed by atoms with Crippen LogP contribution >= 0.6 is 0 Å². The molecule has 4 heterocycles. The summed E-state index contributed by atoms with van der Waals surface area (Å²) in [7, 11) is -3.09. The average molecular weight is 761 g/mol. The van der Waals surface area contributed by atoms with E-state index in [1.54, 1.807) is 0 Å². The summed E-state index contributed by atoms with van der Waals surface area (Å²) in [5.41, 5.74) is 7.32. The average Bonchev–Trinajstić information content (AvgIpc) is 3.64. The molecule has 3 aromatic heterocycles. The molecular formula is C52H36N4OSi. The van der Waals surface area contributed by atoms with Crippen LogP contribution in [0.5, 0.6) is 11.5 Å². The lowest BCUT2D eigenvalue weighted by Gasteiger charge is -2.44. The Morgan fingerprint density at radius 2 is 1.12 bits per heavy atom. The van der Waals surface area contributed by atoms with Gasteiger partial charge in [0.2, 0.25) is 0 Å². The maximum absolute atomic E-state index is 6.64. The molecule has 274 valence electrons. The van der Waals surface area contributed by atoms with Crippen LogP contribution < -0.4 is 30.4 Å². The molecule has 10 aromatic rings. The van der Waals surface area contributed by atoms with Crippen molar-refractivity contribution in [3.63, 3.8) is 0 Å². The minimum atomic E-state index is -3.09. The summed E-state index contributed by atoms with van der Waals surface area (Å²) >= 11 is 0. The SMILES string of the molecule is c1ccc(-n2c3ccccc3c3c4c(ncc32)N(c2cccc(Oc3cccc(-c5ccccn5)c3)c2)c2ccccc2[Si]4(c2ccccc2)c2ccccc2)cc1. The van der Waals surface area contributed by atoms with E-state index in [1.807, 2.05) is 48.7 Å². The van der Waals surface area contributed by atoms with E-state index in [0.717, 1.165) is 56.7 Å². The number of hydrogen-bond donors (Lipinski definition) is 0. The molecule has 0 N–H and O–H groups in total. The van der Waals surface area contributed by atoms with E-state index in [1.165, 1.54) is 31.5 Å². The Hall–Kier alpha value is -7.54. The summed E-state index contributed by atoms with van der Waals surface area (Å²) in [5.74, 6) is 2.40. The van der Waals surface area contributed by atoms with Crippen molar-refractivity contribution < 1.29 is 4.74 Å². The Balaban J connectivity index is 1.20. The fourth-order valence-electron chi connectivity index (χ4n) is 9.04. The van der Waals surface area contributed by atoms with Crippen molar-refractivity contribution in [2.24, 2.45) is 0 Å². The normalized spacial score (nSPS) is 12.9. The lowest BCUT2D eigenvalue weighted by atomic mass is 10.1. The number of aromatic nitrogens is 3. The quantitative estimate of drug-likeness (QED) is 0.152. The van der Waals surface area contributed by atoms with Crippen LogP contribution in [-0.4, -0.2) is 22.6 Å². The zero-order valence-corrected chi connectivity index (χ0v) is 32.5. The second kappa shape index (κ2) is 13.9. The Bertz CT molecular complexity index is 3060. The number of benzene rings is 7. The molecule has 7 aromatic carbocycles. The zero-order valence-electron chi connectivity index (χ0n) is 31.5. The highest BCUT2D eigenvalue weighted by molar-refractivity contribution is 7.22. The monoisotopic (exact) mass is 760 g/mol. The third kappa shape index (κ3) is 5.30. The minimum Gasteiger partial charge on any atom is -0.457 e. The first-order chi connectivity index (χ1) is 28.8. The third-order valence-corrected chi connectivity index (χ3v) is 16.2. The van der Waals surface area contributed by atoms with Crippen LogP contribution in [0, 0.1) is 0 Å². The van der Waals surface area contributed by atoms with Gasteiger partial charge in [0.1, 0.15) is 17.3 Å². The largest absolute Gasteiger partial charge is 0.457 e. The highest BCUT2D eigenvalue weighted by atomic mass is 28.3. The number of fused-ring (bicyclic) bond motifs is 6. The van der Waals surface area contributed by atoms with Gasteiger partial charge in [-0.05, 0) is 76.2 Å². The summed E-state index contributed by atoms with van der Waals surface area (Å²) < 4.78 is 9.02. The van der Waals surface area contributed by atoms with Crippen molar-refractivity contribution in [3.8, 4) is 28.4 Å². The number of hydrogen-bond acceptors (Lipinski definition) is 4. The number of para-hydroxylation sites is 3. The number of nitrogens with zero attached hydrogens (tertiary/aromatic N) is 4. The molecule has 0 saturated carbocycles. The highest BCUT2D eigenvalue weighted by Crippen LogP contribution is 2.42. The molecule has 0 radical (unpaired) electrons. The van der Waals surface area contributed by atoms with Crippen molar-refractivity contribution in [3.05, 3.63) is 219 Å². The highest BCUT2D eigenvalue weighted by Gasteiger charge is 2.51. The molecule has 5 nitrogen and oxygen atoms in total. The van der Waals surface area contributed by atoms with Crippen molar-refractivity contribution in [2.45, 2.75) is 0 Å². The van der Waals surface area contributed by atoms with Gasteiger partial charge in [-0.2, -0.15) is 0 Å². The Kier molecular flexibility index (Phi) is 8.08. The fraction of sp³-hybridized carbons (Fsp3) is 0. The van der Waals surface area contributed by atoms with Crippen LogP contribution in [0.2, 0.25) is 0 Å². The molecule has 0 bridgehead atoms. The summed E-state index contributed by atoms with van der Waals surface area (Å²) in [5, 5.41) is 7.62. The Morgan fingerprint density at radius 3 is 1.88 bits per heavy atom. The van der Waals surface area contributed by atoms with Gasteiger partial charge in [0.25, 0.3) is 0 Å². The molecule has 0 atom stereocenters. The van der Waals surface area contributed by atoms with Crippen molar-refractivity contribution >= 4 is 67.8 Å². The first kappa shape index (κ1) is 33.8. The number of pyridine rings is 2. The van der Waals surface area contributed by atoms with E-state index in [0.29, 0.717) is 0 Å². The maximum Gasteiger partial charge on any atom is 0.187 e. The van der Waals surface area contributed by atoms with Gasteiger partial charge in [0.05, 0.1) is 28.6 Å². The van der Waals surface area contributed by atoms with Gasteiger partial charge in [0.15, 0.2) is 8.07 Å². The number of anilines is 3. The third-order valence-electron chi connectivity index (χ3n) is 11.4. The van der Waals surface area contributed by atoms with Gasteiger partial charge in [-0.1, -0.05) is 140 Å². The van der Waals surface area contributed by atoms with Crippen LogP contribution in [0.4, 0.5) is 17.2 Å². The molecule has 1 aliphatic rings. The molecule has 0 saturated heterocycles. The Labute approximate surface area is 337 Å². The van der Waals surface area contributed by atoms with Crippen LogP contribution in [0.1, 0.15) is 0 Å². The zero-order chi connectivity index (χ0) is 38.5. The van der Waals surface area contributed by atoms with E-state index in [-0.39, 0.29) is 0 Å². The van der Waals surface area contributed by atoms with Crippen LogP contribution in [-0.2, 0) is 0 Å². The predicted octanol–water partition coefficient (Wildman–Crippen LogP) is 10.2. The second-order valence-electron chi connectivity index (χ2n) is 14.6. The smallest absolute Gasteiger partial charge is 0.187 e. The molecule has 0 unspecified atom stereocenters. The molecule has 1 aliphatic heterocycles. The molecule has 0 spiro atoms. The lowest BCUT2D eigenvalue weighted by Crippen LogP contribution is -2.77. The van der Waals surface area contributed by atoms with E-state index in [2.05, 4.69) is 184 Å². The Morgan fingerprint density at radius 1 is 0.483 bits per heavy atom. The second-order valence-corrected chi connectivity index (χ2v) is 18.3. The fourth-order valence-corrected chi connectivity index (χ4v) is 14.3. The minimum absolute atomic E-state index is 0.733. The van der Waals surface area contributed by atoms with E-state index in [9.17, 15) is 0 Å². The van der Waals surface area contributed by atoms with Crippen molar-refractivity contribution in [2.75, 3.05) is 4.90 Å². The van der Waals surface area contributed by atoms with Gasteiger partial charge in [0, 0.05) is 45.2 Å². The van der Waals surface area contributed by atoms with Crippen LogP contribution in [0.3, 0.4) is 0 Å². The van der Waals surface area contributed by atoms with Gasteiger partial charge in [-0.25, -0.2) is 4.98 Å². The van der Waals surface area contributed by atoms with Gasteiger partial charge in [-0.3, -0.25) is 9.88 Å². The molecule has 0 amide bonds. The predicted molar refractivity (Wildman–Crippen MR) is 240 cm³/mol.